The molecule has 0 spiro atoms. The molecular formula is C20H35N4+. The molecule has 5 atom stereocenters. The lowest BCUT2D eigenvalue weighted by molar-refractivity contribution is -0.444. The van der Waals surface area contributed by atoms with Crippen molar-refractivity contribution < 1.29 is 5.73 Å². The van der Waals surface area contributed by atoms with Gasteiger partial charge in [0.15, 0.2) is 0 Å². The van der Waals surface area contributed by atoms with Crippen LogP contribution < -0.4 is 22.1 Å². The zero-order valence-corrected chi connectivity index (χ0v) is 15.0. The van der Waals surface area contributed by atoms with E-state index in [2.05, 4.69) is 22.4 Å². The largest absolute Gasteiger partial charge is 0.355 e. The molecule has 0 radical (unpaired) electrons. The van der Waals surface area contributed by atoms with Crippen LogP contribution in [0.1, 0.15) is 57.8 Å². The molecule has 4 aliphatic carbocycles. The molecule has 4 nitrogen and oxygen atoms in total. The van der Waals surface area contributed by atoms with Gasteiger partial charge in [0, 0.05) is 18.6 Å². The lowest BCUT2D eigenvalue weighted by Gasteiger charge is -2.44. The molecule has 24 heavy (non-hydrogen) atoms. The number of rotatable bonds is 5. The topological polar surface area (TPSA) is 77.7 Å². The van der Waals surface area contributed by atoms with Crippen LogP contribution in [0, 0.1) is 29.1 Å². The molecule has 1 heterocycles. The van der Waals surface area contributed by atoms with Crippen molar-refractivity contribution in [2.24, 2.45) is 34.8 Å². The van der Waals surface area contributed by atoms with Gasteiger partial charge in [0.1, 0.15) is 0 Å². The van der Waals surface area contributed by atoms with Gasteiger partial charge in [-0.2, -0.15) is 0 Å². The zero-order valence-electron chi connectivity index (χ0n) is 15.0. The fourth-order valence-corrected chi connectivity index (χ4v) is 6.01. The second-order valence-corrected chi connectivity index (χ2v) is 9.39. The van der Waals surface area contributed by atoms with E-state index < -0.39 is 0 Å². The fourth-order valence-electron chi connectivity index (χ4n) is 6.01. The predicted octanol–water partition coefficient (Wildman–Crippen LogP) is 1.34. The number of quaternary nitrogens is 1. The molecule has 1 saturated heterocycles. The average Bonchev–Trinajstić information content (AvgIpc) is 3.48. The highest BCUT2D eigenvalue weighted by Gasteiger charge is 2.56. The maximum Gasteiger partial charge on any atom is 0.0944 e. The van der Waals surface area contributed by atoms with Gasteiger partial charge in [-0.15, -0.1) is 0 Å². The molecule has 0 aromatic rings. The van der Waals surface area contributed by atoms with Crippen LogP contribution in [0.5, 0.6) is 0 Å². The van der Waals surface area contributed by atoms with Crippen molar-refractivity contribution in [1.82, 2.24) is 10.6 Å². The maximum absolute atomic E-state index is 6.52. The summed E-state index contributed by atoms with van der Waals surface area (Å²) in [6.07, 6.45) is 15.6. The minimum absolute atomic E-state index is 0.108. The molecule has 1 aliphatic heterocycles. The third-order valence-electron chi connectivity index (χ3n) is 7.87. The van der Waals surface area contributed by atoms with Gasteiger partial charge in [-0.05, 0) is 75.0 Å². The summed E-state index contributed by atoms with van der Waals surface area (Å²) in [4.78, 5) is 0. The first kappa shape index (κ1) is 15.8. The lowest BCUT2D eigenvalue weighted by atomic mass is 9.72. The van der Waals surface area contributed by atoms with Crippen LogP contribution in [0.2, 0.25) is 0 Å². The highest BCUT2D eigenvalue weighted by molar-refractivity contribution is 5.29. The first-order valence-corrected chi connectivity index (χ1v) is 10.5. The van der Waals surface area contributed by atoms with Crippen molar-refractivity contribution in [2.75, 3.05) is 6.67 Å². The molecule has 0 aromatic carbocycles. The minimum atomic E-state index is 0.108. The third kappa shape index (κ3) is 2.66. The Morgan fingerprint density at radius 1 is 1.12 bits per heavy atom. The number of hydrogen-bond acceptors (Lipinski definition) is 3. The Labute approximate surface area is 146 Å². The van der Waals surface area contributed by atoms with Gasteiger partial charge < -0.3 is 16.8 Å². The van der Waals surface area contributed by atoms with Crippen LogP contribution >= 0.6 is 0 Å². The summed E-state index contributed by atoms with van der Waals surface area (Å²) in [5.74, 6) is 3.00. The molecule has 134 valence electrons. The van der Waals surface area contributed by atoms with E-state index in [0.29, 0.717) is 29.3 Å². The van der Waals surface area contributed by atoms with Gasteiger partial charge in [-0.3, -0.25) is 5.32 Å². The monoisotopic (exact) mass is 331 g/mol. The summed E-state index contributed by atoms with van der Waals surface area (Å²) >= 11 is 0. The van der Waals surface area contributed by atoms with Crippen LogP contribution in [0.15, 0.2) is 11.6 Å². The Hall–Kier alpha value is -0.420. The van der Waals surface area contributed by atoms with Crippen molar-refractivity contribution in [3.8, 4) is 0 Å². The molecule has 5 aliphatic rings. The van der Waals surface area contributed by atoms with Gasteiger partial charge in [0.2, 0.25) is 0 Å². The first-order chi connectivity index (χ1) is 11.7. The average molecular weight is 332 g/mol. The van der Waals surface area contributed by atoms with E-state index in [0.717, 1.165) is 18.5 Å². The number of nitrogens with one attached hydrogen (secondary N) is 2. The SMILES string of the molecule is NC1NCNC(C2C=C(C3(C4CC4)CC3)CCC2)C1C([NH3+])C1CC1. The zero-order chi connectivity index (χ0) is 16.3. The van der Waals surface area contributed by atoms with Crippen molar-refractivity contribution in [2.45, 2.75) is 76.0 Å². The van der Waals surface area contributed by atoms with E-state index in [-0.39, 0.29) is 6.17 Å². The van der Waals surface area contributed by atoms with Crippen LogP contribution in [0.25, 0.3) is 0 Å². The first-order valence-electron chi connectivity index (χ1n) is 10.5. The van der Waals surface area contributed by atoms with Gasteiger partial charge in [-0.1, -0.05) is 11.6 Å². The summed E-state index contributed by atoms with van der Waals surface area (Å²) in [6.45, 7) is 0.854. The Morgan fingerprint density at radius 2 is 1.92 bits per heavy atom. The summed E-state index contributed by atoms with van der Waals surface area (Å²) < 4.78 is 0. The van der Waals surface area contributed by atoms with Crippen molar-refractivity contribution in [3.63, 3.8) is 0 Å². The summed E-state index contributed by atoms with van der Waals surface area (Å²) in [5.41, 5.74) is 13.6. The summed E-state index contributed by atoms with van der Waals surface area (Å²) in [7, 11) is 0. The van der Waals surface area contributed by atoms with Gasteiger partial charge >= 0.3 is 0 Å². The van der Waals surface area contributed by atoms with E-state index in [9.17, 15) is 0 Å². The molecule has 4 fully saturated rings. The van der Waals surface area contributed by atoms with Gasteiger partial charge in [-0.25, -0.2) is 0 Å². The molecule has 0 amide bonds. The number of nitrogens with two attached hydrogens (primary N) is 1. The smallest absolute Gasteiger partial charge is 0.0944 e. The molecule has 0 aromatic heterocycles. The molecule has 5 unspecified atom stereocenters. The number of hydrogen-bond donors (Lipinski definition) is 4. The van der Waals surface area contributed by atoms with E-state index in [1.54, 1.807) is 0 Å². The lowest BCUT2D eigenvalue weighted by Crippen LogP contribution is -2.76. The van der Waals surface area contributed by atoms with Crippen LogP contribution in [0.3, 0.4) is 0 Å². The van der Waals surface area contributed by atoms with Crippen molar-refractivity contribution in [3.05, 3.63) is 11.6 Å². The quantitative estimate of drug-likeness (QED) is 0.574. The van der Waals surface area contributed by atoms with Gasteiger partial charge in [0.05, 0.1) is 18.1 Å². The molecule has 7 N–H and O–H groups in total. The van der Waals surface area contributed by atoms with E-state index in [4.69, 9.17) is 5.73 Å². The predicted molar refractivity (Wildman–Crippen MR) is 95.6 cm³/mol. The molecule has 3 saturated carbocycles. The maximum atomic E-state index is 6.52. The van der Waals surface area contributed by atoms with Crippen LogP contribution in [-0.4, -0.2) is 24.9 Å². The van der Waals surface area contributed by atoms with Crippen molar-refractivity contribution in [1.29, 1.82) is 0 Å². The van der Waals surface area contributed by atoms with E-state index in [1.165, 1.54) is 57.8 Å². The number of allylic oxidation sites excluding steroid dienone is 1. The Bertz CT molecular complexity index is 518. The van der Waals surface area contributed by atoms with Gasteiger partial charge in [0.25, 0.3) is 0 Å². The molecule has 5 rings (SSSR count). The minimum Gasteiger partial charge on any atom is -0.355 e. The Morgan fingerprint density at radius 3 is 2.58 bits per heavy atom. The second-order valence-electron chi connectivity index (χ2n) is 9.39. The van der Waals surface area contributed by atoms with E-state index in [1.807, 2.05) is 5.57 Å². The highest BCUT2D eigenvalue weighted by Crippen LogP contribution is 2.66. The summed E-state index contributed by atoms with van der Waals surface area (Å²) in [6, 6.07) is 1.03. The highest BCUT2D eigenvalue weighted by atomic mass is 15.2. The third-order valence-corrected chi connectivity index (χ3v) is 7.87. The van der Waals surface area contributed by atoms with Crippen LogP contribution in [0.4, 0.5) is 0 Å². The van der Waals surface area contributed by atoms with Crippen LogP contribution in [-0.2, 0) is 0 Å². The molecule has 4 heteroatoms. The molecular weight excluding hydrogens is 296 g/mol. The Balaban J connectivity index is 1.38. The van der Waals surface area contributed by atoms with Crippen molar-refractivity contribution >= 4 is 0 Å². The normalized spacial score (nSPS) is 43.2. The van der Waals surface area contributed by atoms with E-state index >= 15 is 0 Å². The molecule has 0 bridgehead atoms. The summed E-state index contributed by atoms with van der Waals surface area (Å²) in [5, 5.41) is 7.25. The standard InChI is InChI=1S/C20H34N4/c21-17(12-4-5-12)16-18(23-11-24-19(16)22)13-2-1-3-15(10-13)20(8-9-20)14-6-7-14/h10,12-14,16-19,23-24H,1-9,11,21-22H2/p+1. The fraction of sp³-hybridized carbons (Fsp3) is 0.900. The Kier molecular flexibility index (Phi) is 3.82. The second kappa shape index (κ2) is 5.80.